The molecule has 0 aliphatic rings. The minimum atomic E-state index is -1.15. The zero-order valence-corrected chi connectivity index (χ0v) is 7.17. The van der Waals surface area contributed by atoms with Gasteiger partial charge in [0.1, 0.15) is 0 Å². The van der Waals surface area contributed by atoms with Gasteiger partial charge in [-0.2, -0.15) is 0 Å². The lowest BCUT2D eigenvalue weighted by molar-refractivity contribution is -0.129. The Balaban J connectivity index is 3.10. The van der Waals surface area contributed by atoms with E-state index in [0.717, 1.165) is 0 Å². The topological polar surface area (TPSA) is 52.6 Å². The highest BCUT2D eigenvalue weighted by Gasteiger charge is 1.97. The molecule has 0 aliphatic heterocycles. The second-order valence-electron chi connectivity index (χ2n) is 1.20. The molecule has 9 heavy (non-hydrogen) atoms. The number of hydrogen-bond acceptors (Lipinski definition) is 4. The van der Waals surface area contributed by atoms with Crippen molar-refractivity contribution in [2.45, 2.75) is 13.8 Å². The van der Waals surface area contributed by atoms with Gasteiger partial charge in [0.15, 0.2) is 0 Å². The van der Waals surface area contributed by atoms with Gasteiger partial charge in [-0.3, -0.25) is 9.59 Å². The van der Waals surface area contributed by atoms with Gasteiger partial charge in [-0.05, 0) is 0 Å². The first-order chi connectivity index (χ1) is 4.13. The normalized spacial score (nSPS) is 8.22. The first kappa shape index (κ1) is 8.67. The van der Waals surface area contributed by atoms with Crippen molar-refractivity contribution in [3.8, 4) is 0 Å². The molecule has 0 amide bonds. The lowest BCUT2D eigenvalue weighted by Crippen LogP contribution is -1.92. The predicted octanol–water partition coefficient (Wildman–Crippen LogP) is 0.913. The Kier molecular flexibility index (Phi) is 4.37. The number of hydrogen-bond donors (Lipinski definition) is 0. The van der Waals surface area contributed by atoms with Crippen LogP contribution in [0.2, 0.25) is 0 Å². The maximum Gasteiger partial charge on any atom is 0.343 e. The van der Waals surface area contributed by atoms with E-state index >= 15 is 0 Å². The van der Waals surface area contributed by atoms with Crippen LogP contribution >= 0.6 is 22.0 Å². The quantitative estimate of drug-likeness (QED) is 0.678. The molecule has 0 aromatic heterocycles. The van der Waals surface area contributed by atoms with Gasteiger partial charge in [-0.15, -0.1) is 0 Å². The number of halogens is 1. The van der Waals surface area contributed by atoms with Crippen molar-refractivity contribution in [3.05, 3.63) is 0 Å². The van der Waals surface area contributed by atoms with Crippen LogP contribution in [0.4, 0.5) is 0 Å². The summed E-state index contributed by atoms with van der Waals surface area (Å²) >= 11 is -1.15. The van der Waals surface area contributed by atoms with Crippen molar-refractivity contribution in [1.29, 1.82) is 0 Å². The van der Waals surface area contributed by atoms with Gasteiger partial charge >= 0.3 is 34.0 Å². The highest BCUT2D eigenvalue weighted by molar-refractivity contribution is 14.2. The summed E-state index contributed by atoms with van der Waals surface area (Å²) in [7, 11) is 0. The van der Waals surface area contributed by atoms with Crippen molar-refractivity contribution < 1.29 is 15.7 Å². The third kappa shape index (κ3) is 7.67. The summed E-state index contributed by atoms with van der Waals surface area (Å²) in [4.78, 5) is 20.1. The molecule has 0 rings (SSSR count). The second kappa shape index (κ2) is 4.54. The largest absolute Gasteiger partial charge is 0.373 e. The van der Waals surface area contributed by atoms with Gasteiger partial charge in [0.25, 0.3) is 0 Å². The summed E-state index contributed by atoms with van der Waals surface area (Å²) in [6.07, 6.45) is 0. The van der Waals surface area contributed by atoms with E-state index in [1.165, 1.54) is 13.8 Å². The van der Waals surface area contributed by atoms with Crippen LogP contribution in [0.25, 0.3) is 0 Å². The Morgan fingerprint density at radius 1 is 1.11 bits per heavy atom. The minimum Gasteiger partial charge on any atom is -0.373 e. The van der Waals surface area contributed by atoms with Crippen LogP contribution in [0, 0.1) is 0 Å². The van der Waals surface area contributed by atoms with Crippen LogP contribution in [-0.4, -0.2) is 11.9 Å². The standard InChI is InChI=1S/C4H6IO4/c1-3(6)8-5-9-4(2)7/h1-2H3. The molecule has 1 radical (unpaired) electrons. The van der Waals surface area contributed by atoms with Crippen LogP contribution in [0.15, 0.2) is 0 Å². The molecule has 0 saturated carbocycles. The molecule has 53 valence electrons. The minimum absolute atomic E-state index is 0.413. The molecule has 4 nitrogen and oxygen atoms in total. The van der Waals surface area contributed by atoms with Crippen LogP contribution in [-0.2, 0) is 15.7 Å². The molecule has 0 saturated heterocycles. The smallest absolute Gasteiger partial charge is 0.343 e. The Bertz CT molecular complexity index is 108. The zero-order chi connectivity index (χ0) is 7.28. The highest BCUT2D eigenvalue weighted by Crippen LogP contribution is 2.13. The van der Waals surface area contributed by atoms with Gasteiger partial charge in [0.2, 0.25) is 0 Å². The first-order valence-electron chi connectivity index (χ1n) is 2.13. The molecular weight excluding hydrogens is 239 g/mol. The Morgan fingerprint density at radius 3 is 1.67 bits per heavy atom. The maximum absolute atomic E-state index is 10.0. The lowest BCUT2D eigenvalue weighted by Gasteiger charge is -1.94. The average Bonchev–Trinajstić information content (AvgIpc) is 1.63. The number of carbonyl (C=O) groups excluding carboxylic acids is 2. The van der Waals surface area contributed by atoms with Crippen molar-refractivity contribution in [2.24, 2.45) is 0 Å². The zero-order valence-electron chi connectivity index (χ0n) is 5.01. The average molecular weight is 245 g/mol. The van der Waals surface area contributed by atoms with E-state index in [0.29, 0.717) is 0 Å². The predicted molar refractivity (Wildman–Crippen MR) is 37.6 cm³/mol. The molecule has 0 N–H and O–H groups in total. The van der Waals surface area contributed by atoms with E-state index < -0.39 is 34.0 Å². The molecular formula is C4H6IO4. The van der Waals surface area contributed by atoms with Crippen molar-refractivity contribution in [1.82, 2.24) is 0 Å². The Hall–Kier alpha value is -0.330. The molecule has 0 heterocycles. The Labute approximate surface area is 63.9 Å². The molecule has 0 spiro atoms. The van der Waals surface area contributed by atoms with E-state index in [1.807, 2.05) is 0 Å². The molecule has 0 aromatic rings. The fourth-order valence-electron chi connectivity index (χ4n) is 0.104. The maximum atomic E-state index is 10.0. The van der Waals surface area contributed by atoms with Gasteiger partial charge in [-0.1, -0.05) is 0 Å². The van der Waals surface area contributed by atoms with E-state index in [4.69, 9.17) is 0 Å². The first-order valence-corrected chi connectivity index (χ1v) is 3.89. The molecule has 0 fully saturated rings. The molecule has 0 atom stereocenters. The third-order valence-corrected chi connectivity index (χ3v) is 1.88. The fraction of sp³-hybridized carbons (Fsp3) is 0.500. The number of rotatable bonds is 2. The summed E-state index contributed by atoms with van der Waals surface area (Å²) in [6, 6.07) is 0. The summed E-state index contributed by atoms with van der Waals surface area (Å²) in [5.74, 6) is -0.826. The second-order valence-corrected chi connectivity index (χ2v) is 2.44. The monoisotopic (exact) mass is 245 g/mol. The van der Waals surface area contributed by atoms with Gasteiger partial charge in [0.05, 0.1) is 0 Å². The summed E-state index contributed by atoms with van der Waals surface area (Å²) in [6.45, 7) is 2.53. The van der Waals surface area contributed by atoms with Crippen LogP contribution in [0.1, 0.15) is 13.8 Å². The molecule has 0 unspecified atom stereocenters. The molecule has 0 aliphatic carbocycles. The number of carbonyl (C=O) groups is 2. The van der Waals surface area contributed by atoms with Crippen molar-refractivity contribution in [3.63, 3.8) is 0 Å². The fourth-order valence-corrected chi connectivity index (χ4v) is 0.701. The third-order valence-electron chi connectivity index (χ3n) is 0.280. The van der Waals surface area contributed by atoms with E-state index in [9.17, 15) is 9.59 Å². The van der Waals surface area contributed by atoms with Crippen LogP contribution in [0.5, 0.6) is 0 Å². The molecule has 0 bridgehead atoms. The van der Waals surface area contributed by atoms with Gasteiger partial charge in [0, 0.05) is 13.8 Å². The summed E-state index contributed by atoms with van der Waals surface area (Å²) in [5, 5.41) is 0. The summed E-state index contributed by atoms with van der Waals surface area (Å²) in [5.41, 5.74) is 0. The Morgan fingerprint density at radius 2 is 1.44 bits per heavy atom. The molecule has 0 aromatic carbocycles. The van der Waals surface area contributed by atoms with Crippen molar-refractivity contribution in [2.75, 3.05) is 0 Å². The van der Waals surface area contributed by atoms with E-state index in [2.05, 4.69) is 6.13 Å². The molecule has 5 heteroatoms. The van der Waals surface area contributed by atoms with Crippen molar-refractivity contribution >= 4 is 34.0 Å². The summed E-state index contributed by atoms with van der Waals surface area (Å²) < 4.78 is 8.76. The van der Waals surface area contributed by atoms with Gasteiger partial charge in [-0.25, -0.2) is 0 Å². The lowest BCUT2D eigenvalue weighted by atomic mass is 10.9. The van der Waals surface area contributed by atoms with Crippen LogP contribution < -0.4 is 0 Å². The van der Waals surface area contributed by atoms with Gasteiger partial charge < -0.3 is 6.13 Å². The van der Waals surface area contributed by atoms with Crippen LogP contribution in [0.3, 0.4) is 0 Å². The highest BCUT2D eigenvalue weighted by atomic mass is 127. The SMILES string of the molecule is CC(=O)O[I]OC(C)=O. The van der Waals surface area contributed by atoms with E-state index in [1.54, 1.807) is 0 Å². The van der Waals surface area contributed by atoms with E-state index in [-0.39, 0.29) is 0 Å².